The largest absolute Gasteiger partial charge is 0.393 e. The van der Waals surface area contributed by atoms with E-state index in [4.69, 9.17) is 0 Å². The number of hydrogen-bond donors (Lipinski definition) is 2. The van der Waals surface area contributed by atoms with Gasteiger partial charge in [-0.1, -0.05) is 6.07 Å². The third-order valence-electron chi connectivity index (χ3n) is 4.10. The van der Waals surface area contributed by atoms with Gasteiger partial charge in [-0.05, 0) is 78.6 Å². The highest BCUT2D eigenvalue weighted by Crippen LogP contribution is 2.20. The van der Waals surface area contributed by atoms with Crippen LogP contribution in [-0.4, -0.2) is 27.7 Å². The molecular formula is C17H19IN2O2. The van der Waals surface area contributed by atoms with Gasteiger partial charge in [-0.3, -0.25) is 4.79 Å². The number of aliphatic hydroxyl groups is 1. The molecule has 0 aliphatic heterocycles. The van der Waals surface area contributed by atoms with E-state index in [1.165, 1.54) is 0 Å². The Labute approximate surface area is 143 Å². The minimum atomic E-state index is -0.205. The molecule has 1 aromatic heterocycles. The predicted octanol–water partition coefficient (Wildman–Crippen LogP) is 3.12. The van der Waals surface area contributed by atoms with Crippen LogP contribution in [-0.2, 0) is 0 Å². The van der Waals surface area contributed by atoms with E-state index in [0.717, 1.165) is 34.9 Å². The number of halogens is 1. The second-order valence-corrected chi connectivity index (χ2v) is 6.97. The van der Waals surface area contributed by atoms with Gasteiger partial charge in [0.05, 0.1) is 6.10 Å². The third kappa shape index (κ3) is 3.52. The fourth-order valence-corrected chi connectivity index (χ4v) is 3.42. The van der Waals surface area contributed by atoms with Gasteiger partial charge in [-0.25, -0.2) is 0 Å². The summed E-state index contributed by atoms with van der Waals surface area (Å²) in [4.78, 5) is 12.5. The van der Waals surface area contributed by atoms with E-state index >= 15 is 0 Å². The monoisotopic (exact) mass is 410 g/mol. The lowest BCUT2D eigenvalue weighted by Gasteiger charge is -2.26. The average Bonchev–Trinajstić information content (AvgIpc) is 2.99. The Balaban J connectivity index is 1.75. The molecule has 2 N–H and O–H groups in total. The van der Waals surface area contributed by atoms with Crippen molar-refractivity contribution in [3.63, 3.8) is 0 Å². The first-order chi connectivity index (χ1) is 10.6. The summed E-state index contributed by atoms with van der Waals surface area (Å²) >= 11 is 2.27. The van der Waals surface area contributed by atoms with Crippen molar-refractivity contribution in [2.75, 3.05) is 0 Å². The topological polar surface area (TPSA) is 54.3 Å². The molecule has 1 fully saturated rings. The molecular weight excluding hydrogens is 391 g/mol. The lowest BCUT2D eigenvalue weighted by molar-refractivity contribution is 0.0861. The molecule has 0 unspecified atom stereocenters. The minimum absolute atomic E-state index is 0.0507. The molecule has 0 spiro atoms. The summed E-state index contributed by atoms with van der Waals surface area (Å²) in [7, 11) is 0. The molecule has 1 heterocycles. The number of aliphatic hydroxyl groups excluding tert-OH is 1. The number of nitrogens with one attached hydrogen (secondary N) is 1. The van der Waals surface area contributed by atoms with E-state index in [-0.39, 0.29) is 18.1 Å². The maximum absolute atomic E-state index is 12.5. The van der Waals surface area contributed by atoms with Gasteiger partial charge in [0.2, 0.25) is 0 Å². The molecule has 3 rings (SSSR count). The predicted molar refractivity (Wildman–Crippen MR) is 94.2 cm³/mol. The number of benzene rings is 1. The number of amides is 1. The van der Waals surface area contributed by atoms with Crippen molar-refractivity contribution in [1.82, 2.24) is 9.88 Å². The molecule has 0 atom stereocenters. The molecule has 5 heteroatoms. The standard InChI is InChI=1S/C17H19IN2O2/c18-12-3-1-4-14(11-12)20-10-2-5-16(20)17(22)19-13-6-8-15(21)9-7-13/h1-5,10-11,13,15,21H,6-9H2,(H,19,22). The second-order valence-electron chi connectivity index (χ2n) is 5.72. The SMILES string of the molecule is O=C(NC1CCC(O)CC1)c1cccn1-c1cccc(I)c1. The van der Waals surface area contributed by atoms with Crippen LogP contribution in [0, 0.1) is 3.57 Å². The number of hydrogen-bond acceptors (Lipinski definition) is 2. The van der Waals surface area contributed by atoms with Crippen LogP contribution in [0.1, 0.15) is 36.2 Å². The van der Waals surface area contributed by atoms with Crippen LogP contribution in [0.2, 0.25) is 0 Å². The zero-order valence-electron chi connectivity index (χ0n) is 12.2. The summed E-state index contributed by atoms with van der Waals surface area (Å²) in [5, 5.41) is 12.6. The molecule has 4 nitrogen and oxygen atoms in total. The van der Waals surface area contributed by atoms with Crippen LogP contribution in [0.5, 0.6) is 0 Å². The highest BCUT2D eigenvalue weighted by Gasteiger charge is 2.22. The van der Waals surface area contributed by atoms with Crippen molar-refractivity contribution >= 4 is 28.5 Å². The number of carbonyl (C=O) groups excluding carboxylic acids is 1. The van der Waals surface area contributed by atoms with E-state index in [1.807, 2.05) is 47.2 Å². The summed E-state index contributed by atoms with van der Waals surface area (Å²) in [6.07, 6.45) is 4.92. The molecule has 116 valence electrons. The highest BCUT2D eigenvalue weighted by molar-refractivity contribution is 14.1. The van der Waals surface area contributed by atoms with E-state index < -0.39 is 0 Å². The van der Waals surface area contributed by atoms with Crippen molar-refractivity contribution < 1.29 is 9.90 Å². The van der Waals surface area contributed by atoms with Crippen LogP contribution >= 0.6 is 22.6 Å². The van der Waals surface area contributed by atoms with Crippen molar-refractivity contribution in [3.05, 3.63) is 51.9 Å². The van der Waals surface area contributed by atoms with Gasteiger partial charge in [0, 0.05) is 21.5 Å². The number of carbonyl (C=O) groups is 1. The molecule has 1 aromatic carbocycles. The highest BCUT2D eigenvalue weighted by atomic mass is 127. The lowest BCUT2D eigenvalue weighted by Crippen LogP contribution is -2.39. The number of aromatic nitrogens is 1. The maximum atomic E-state index is 12.5. The molecule has 1 amide bonds. The Morgan fingerprint density at radius 2 is 1.95 bits per heavy atom. The van der Waals surface area contributed by atoms with Crippen LogP contribution in [0.4, 0.5) is 0 Å². The third-order valence-corrected chi connectivity index (χ3v) is 4.77. The first-order valence-corrected chi connectivity index (χ1v) is 8.63. The zero-order valence-corrected chi connectivity index (χ0v) is 14.4. The normalized spacial score (nSPS) is 21.5. The Bertz CT molecular complexity index is 660. The Kier molecular flexibility index (Phi) is 4.83. The van der Waals surface area contributed by atoms with Gasteiger partial charge in [-0.15, -0.1) is 0 Å². The van der Waals surface area contributed by atoms with E-state index in [2.05, 4.69) is 27.9 Å². The summed E-state index contributed by atoms with van der Waals surface area (Å²) in [5.74, 6) is -0.0507. The van der Waals surface area contributed by atoms with Gasteiger partial charge in [0.25, 0.3) is 5.91 Å². The van der Waals surface area contributed by atoms with Gasteiger partial charge in [-0.2, -0.15) is 0 Å². The second kappa shape index (κ2) is 6.83. The molecule has 22 heavy (non-hydrogen) atoms. The number of rotatable bonds is 3. The molecule has 0 radical (unpaired) electrons. The Morgan fingerprint density at radius 1 is 1.18 bits per heavy atom. The van der Waals surface area contributed by atoms with E-state index in [1.54, 1.807) is 0 Å². The molecule has 1 aliphatic rings. The van der Waals surface area contributed by atoms with Crippen molar-refractivity contribution in [2.45, 2.75) is 37.8 Å². The molecule has 2 aromatic rings. The summed E-state index contributed by atoms with van der Waals surface area (Å²) < 4.78 is 3.05. The maximum Gasteiger partial charge on any atom is 0.268 e. The van der Waals surface area contributed by atoms with Crippen LogP contribution in [0.15, 0.2) is 42.6 Å². The van der Waals surface area contributed by atoms with Gasteiger partial charge in [0.1, 0.15) is 5.69 Å². The summed E-state index contributed by atoms with van der Waals surface area (Å²) in [5.41, 5.74) is 1.63. The van der Waals surface area contributed by atoms with Crippen molar-refractivity contribution in [2.24, 2.45) is 0 Å². The molecule has 1 saturated carbocycles. The quantitative estimate of drug-likeness (QED) is 0.765. The van der Waals surface area contributed by atoms with Crippen LogP contribution in [0.25, 0.3) is 5.69 Å². The molecule has 1 aliphatic carbocycles. The van der Waals surface area contributed by atoms with Gasteiger partial charge >= 0.3 is 0 Å². The molecule has 0 saturated heterocycles. The zero-order chi connectivity index (χ0) is 15.5. The first-order valence-electron chi connectivity index (χ1n) is 7.56. The van der Waals surface area contributed by atoms with Crippen molar-refractivity contribution in [1.29, 1.82) is 0 Å². The summed E-state index contributed by atoms with van der Waals surface area (Å²) in [6.45, 7) is 0. The minimum Gasteiger partial charge on any atom is -0.393 e. The smallest absolute Gasteiger partial charge is 0.268 e. The first kappa shape index (κ1) is 15.6. The van der Waals surface area contributed by atoms with Gasteiger partial charge < -0.3 is 15.0 Å². The summed E-state index contributed by atoms with van der Waals surface area (Å²) in [6, 6.07) is 12.0. The van der Waals surface area contributed by atoms with E-state index in [9.17, 15) is 9.90 Å². The van der Waals surface area contributed by atoms with Crippen molar-refractivity contribution in [3.8, 4) is 5.69 Å². The Morgan fingerprint density at radius 3 is 2.68 bits per heavy atom. The van der Waals surface area contributed by atoms with E-state index in [0.29, 0.717) is 5.69 Å². The van der Waals surface area contributed by atoms with Crippen LogP contribution < -0.4 is 5.32 Å². The Hall–Kier alpha value is -1.34. The fourth-order valence-electron chi connectivity index (χ4n) is 2.90. The average molecular weight is 410 g/mol. The van der Waals surface area contributed by atoms with Gasteiger partial charge in [0.15, 0.2) is 0 Å². The van der Waals surface area contributed by atoms with Crippen LogP contribution in [0.3, 0.4) is 0 Å². The lowest BCUT2D eigenvalue weighted by atomic mass is 9.93. The molecule has 0 bridgehead atoms. The number of nitrogens with zero attached hydrogens (tertiary/aromatic N) is 1. The fraction of sp³-hybridized carbons (Fsp3) is 0.353.